The fourth-order valence-electron chi connectivity index (χ4n) is 2.99. The second-order valence-corrected chi connectivity index (χ2v) is 7.07. The van der Waals surface area contributed by atoms with Crippen molar-refractivity contribution in [1.82, 2.24) is 5.32 Å². The van der Waals surface area contributed by atoms with Crippen molar-refractivity contribution in [2.75, 3.05) is 13.2 Å². The molecule has 0 radical (unpaired) electrons. The van der Waals surface area contributed by atoms with Gasteiger partial charge in [0.05, 0.1) is 0 Å². The van der Waals surface area contributed by atoms with Crippen LogP contribution >= 0.6 is 0 Å². The van der Waals surface area contributed by atoms with Gasteiger partial charge in [-0.1, -0.05) is 57.2 Å². The van der Waals surface area contributed by atoms with Gasteiger partial charge in [-0.25, -0.2) is 0 Å². The standard InChI is InChI=1S/C20H25NO2/c1-20(2,3)19(16-7-5-4-6-8-16)21-14-15-9-10-17-18(13-15)23-12-11-22-17/h4-10,13,19,21H,11-12,14H2,1-3H3. The lowest BCUT2D eigenvalue weighted by atomic mass is 9.82. The van der Waals surface area contributed by atoms with Gasteiger partial charge in [0.15, 0.2) is 11.5 Å². The Labute approximate surface area is 138 Å². The number of ether oxygens (including phenoxy) is 2. The molecule has 3 heteroatoms. The van der Waals surface area contributed by atoms with Crippen LogP contribution in [0.3, 0.4) is 0 Å². The third-order valence-electron chi connectivity index (χ3n) is 4.12. The van der Waals surface area contributed by atoms with E-state index in [1.807, 2.05) is 6.07 Å². The van der Waals surface area contributed by atoms with Crippen LogP contribution in [0, 0.1) is 5.41 Å². The number of rotatable bonds is 4. The monoisotopic (exact) mass is 311 g/mol. The Morgan fingerprint density at radius 2 is 1.65 bits per heavy atom. The predicted molar refractivity (Wildman–Crippen MR) is 92.9 cm³/mol. The Hall–Kier alpha value is -2.00. The molecule has 3 rings (SSSR count). The molecule has 0 bridgehead atoms. The molecule has 0 aliphatic carbocycles. The highest BCUT2D eigenvalue weighted by Gasteiger charge is 2.25. The van der Waals surface area contributed by atoms with Crippen LogP contribution in [0.4, 0.5) is 0 Å². The second-order valence-electron chi connectivity index (χ2n) is 7.07. The van der Waals surface area contributed by atoms with Gasteiger partial charge in [-0.05, 0) is 28.7 Å². The molecule has 1 heterocycles. The molecule has 2 aromatic carbocycles. The average molecular weight is 311 g/mol. The van der Waals surface area contributed by atoms with Crippen molar-refractivity contribution in [1.29, 1.82) is 0 Å². The third kappa shape index (κ3) is 3.85. The van der Waals surface area contributed by atoms with Crippen LogP contribution in [0.2, 0.25) is 0 Å². The van der Waals surface area contributed by atoms with E-state index >= 15 is 0 Å². The Balaban J connectivity index is 1.74. The highest BCUT2D eigenvalue weighted by atomic mass is 16.6. The lowest BCUT2D eigenvalue weighted by Crippen LogP contribution is -2.32. The molecule has 1 aliphatic rings. The molecular formula is C20H25NO2. The predicted octanol–water partition coefficient (Wildman–Crippen LogP) is 4.33. The van der Waals surface area contributed by atoms with Crippen molar-refractivity contribution in [2.45, 2.75) is 33.4 Å². The molecule has 1 aliphatic heterocycles. The number of nitrogens with one attached hydrogen (secondary N) is 1. The summed E-state index contributed by atoms with van der Waals surface area (Å²) in [6.45, 7) is 8.85. The smallest absolute Gasteiger partial charge is 0.161 e. The molecule has 0 amide bonds. The van der Waals surface area contributed by atoms with Crippen LogP contribution in [-0.4, -0.2) is 13.2 Å². The van der Waals surface area contributed by atoms with Gasteiger partial charge in [0.2, 0.25) is 0 Å². The summed E-state index contributed by atoms with van der Waals surface area (Å²) in [7, 11) is 0. The van der Waals surface area contributed by atoms with E-state index in [4.69, 9.17) is 9.47 Å². The zero-order chi connectivity index (χ0) is 16.3. The normalized spacial score (nSPS) is 15.3. The highest BCUT2D eigenvalue weighted by Crippen LogP contribution is 2.34. The van der Waals surface area contributed by atoms with Crippen LogP contribution < -0.4 is 14.8 Å². The van der Waals surface area contributed by atoms with E-state index in [1.165, 1.54) is 11.1 Å². The van der Waals surface area contributed by atoms with Crippen molar-refractivity contribution in [3.63, 3.8) is 0 Å². The maximum atomic E-state index is 5.67. The Morgan fingerprint density at radius 1 is 0.957 bits per heavy atom. The minimum atomic E-state index is 0.134. The Morgan fingerprint density at radius 3 is 2.35 bits per heavy atom. The van der Waals surface area contributed by atoms with Crippen molar-refractivity contribution >= 4 is 0 Å². The minimum Gasteiger partial charge on any atom is -0.486 e. The van der Waals surface area contributed by atoms with E-state index in [-0.39, 0.29) is 11.5 Å². The average Bonchev–Trinajstić information content (AvgIpc) is 2.55. The van der Waals surface area contributed by atoms with Crippen molar-refractivity contribution in [3.8, 4) is 11.5 Å². The fourth-order valence-corrected chi connectivity index (χ4v) is 2.99. The van der Waals surface area contributed by atoms with Crippen LogP contribution in [0.15, 0.2) is 48.5 Å². The minimum absolute atomic E-state index is 0.134. The maximum Gasteiger partial charge on any atom is 0.161 e. The first-order valence-electron chi connectivity index (χ1n) is 8.21. The molecule has 1 unspecified atom stereocenters. The van der Waals surface area contributed by atoms with Crippen LogP contribution in [-0.2, 0) is 6.54 Å². The summed E-state index contributed by atoms with van der Waals surface area (Å²) in [5, 5.41) is 3.70. The summed E-state index contributed by atoms with van der Waals surface area (Å²) in [6.07, 6.45) is 0. The van der Waals surface area contributed by atoms with E-state index in [9.17, 15) is 0 Å². The van der Waals surface area contributed by atoms with E-state index < -0.39 is 0 Å². The molecule has 122 valence electrons. The summed E-state index contributed by atoms with van der Waals surface area (Å²) >= 11 is 0. The molecule has 2 aromatic rings. The van der Waals surface area contributed by atoms with E-state index in [0.717, 1.165) is 18.0 Å². The van der Waals surface area contributed by atoms with Crippen LogP contribution in [0.5, 0.6) is 11.5 Å². The zero-order valence-electron chi connectivity index (χ0n) is 14.1. The molecule has 0 saturated carbocycles. The topological polar surface area (TPSA) is 30.5 Å². The number of hydrogen-bond donors (Lipinski definition) is 1. The van der Waals surface area contributed by atoms with Gasteiger partial charge >= 0.3 is 0 Å². The van der Waals surface area contributed by atoms with E-state index in [0.29, 0.717) is 13.2 Å². The zero-order valence-corrected chi connectivity index (χ0v) is 14.1. The van der Waals surface area contributed by atoms with Gasteiger partial charge in [-0.15, -0.1) is 0 Å². The SMILES string of the molecule is CC(C)(C)C(NCc1ccc2c(c1)OCCO2)c1ccccc1. The maximum absolute atomic E-state index is 5.67. The lowest BCUT2D eigenvalue weighted by Gasteiger charge is -2.32. The molecule has 0 fully saturated rings. The molecule has 0 saturated heterocycles. The van der Waals surface area contributed by atoms with Gasteiger partial charge in [0.25, 0.3) is 0 Å². The second kappa shape index (κ2) is 6.63. The first-order chi connectivity index (χ1) is 11.0. The van der Waals surface area contributed by atoms with Gasteiger partial charge in [-0.2, -0.15) is 0 Å². The Bertz CT molecular complexity index is 646. The largest absolute Gasteiger partial charge is 0.486 e. The summed E-state index contributed by atoms with van der Waals surface area (Å²) in [5.41, 5.74) is 2.66. The van der Waals surface area contributed by atoms with E-state index in [2.05, 4.69) is 68.6 Å². The summed E-state index contributed by atoms with van der Waals surface area (Å²) < 4.78 is 11.3. The molecular weight excluding hydrogens is 286 g/mol. The lowest BCUT2D eigenvalue weighted by molar-refractivity contribution is 0.171. The highest BCUT2D eigenvalue weighted by molar-refractivity contribution is 5.43. The van der Waals surface area contributed by atoms with Gasteiger partial charge in [0.1, 0.15) is 13.2 Å². The third-order valence-corrected chi connectivity index (χ3v) is 4.12. The summed E-state index contributed by atoms with van der Waals surface area (Å²) in [4.78, 5) is 0. The molecule has 0 aromatic heterocycles. The van der Waals surface area contributed by atoms with Crippen LogP contribution in [0.1, 0.15) is 37.9 Å². The van der Waals surface area contributed by atoms with Gasteiger partial charge in [-0.3, -0.25) is 0 Å². The summed E-state index contributed by atoms with van der Waals surface area (Å²) in [6, 6.07) is 17.1. The van der Waals surface area contributed by atoms with Crippen molar-refractivity contribution in [2.24, 2.45) is 5.41 Å². The molecule has 1 atom stereocenters. The molecule has 3 nitrogen and oxygen atoms in total. The molecule has 23 heavy (non-hydrogen) atoms. The summed E-state index contributed by atoms with van der Waals surface area (Å²) in [5.74, 6) is 1.69. The Kier molecular flexibility index (Phi) is 4.58. The van der Waals surface area contributed by atoms with Crippen molar-refractivity contribution in [3.05, 3.63) is 59.7 Å². The first-order valence-corrected chi connectivity index (χ1v) is 8.21. The number of hydrogen-bond acceptors (Lipinski definition) is 3. The van der Waals surface area contributed by atoms with Gasteiger partial charge in [0, 0.05) is 12.6 Å². The number of fused-ring (bicyclic) bond motifs is 1. The molecule has 0 spiro atoms. The fraction of sp³-hybridized carbons (Fsp3) is 0.400. The molecule has 1 N–H and O–H groups in total. The quantitative estimate of drug-likeness (QED) is 0.911. The first kappa shape index (κ1) is 15.9. The van der Waals surface area contributed by atoms with Crippen LogP contribution in [0.25, 0.3) is 0 Å². The van der Waals surface area contributed by atoms with Gasteiger partial charge < -0.3 is 14.8 Å². The van der Waals surface area contributed by atoms with Crippen molar-refractivity contribution < 1.29 is 9.47 Å². The van der Waals surface area contributed by atoms with E-state index in [1.54, 1.807) is 0 Å². The number of benzene rings is 2.